The Hall–Kier alpha value is -3.29. The molecule has 1 saturated carbocycles. The van der Waals surface area contributed by atoms with Gasteiger partial charge in [-0.3, -0.25) is 4.79 Å². The molecule has 0 bridgehead atoms. The van der Waals surface area contributed by atoms with Crippen LogP contribution >= 0.6 is 0 Å². The molecule has 0 saturated heterocycles. The van der Waals surface area contributed by atoms with Crippen LogP contribution in [0.3, 0.4) is 0 Å². The lowest BCUT2D eigenvalue weighted by Crippen LogP contribution is -2.49. The fourth-order valence-corrected chi connectivity index (χ4v) is 4.46. The van der Waals surface area contributed by atoms with Crippen LogP contribution in [0, 0.1) is 11.6 Å². The molecule has 0 spiro atoms. The molecule has 3 N–H and O–H groups in total. The van der Waals surface area contributed by atoms with Crippen molar-refractivity contribution in [1.29, 1.82) is 0 Å². The van der Waals surface area contributed by atoms with Crippen molar-refractivity contribution in [2.45, 2.75) is 43.9 Å². The molecule has 0 aromatic heterocycles. The third kappa shape index (κ3) is 6.24. The number of amides is 1. The molecule has 3 aromatic rings. The van der Waals surface area contributed by atoms with Crippen molar-refractivity contribution in [1.82, 2.24) is 10.6 Å². The second-order valence-electron chi connectivity index (χ2n) is 9.13. The van der Waals surface area contributed by atoms with Gasteiger partial charge in [-0.2, -0.15) is 0 Å². The summed E-state index contributed by atoms with van der Waals surface area (Å²) in [4.78, 5) is 11.7. The van der Waals surface area contributed by atoms with Gasteiger partial charge in [-0.15, -0.1) is 0 Å². The van der Waals surface area contributed by atoms with Gasteiger partial charge in [0, 0.05) is 25.1 Å². The SMILES string of the molecule is COc1cccc(-c2cccc(C3(NCC(O)C(Cc4cc(F)cc(F)c4)NC(C)=O)CC3)c2)c1. The van der Waals surface area contributed by atoms with E-state index in [1.54, 1.807) is 7.11 Å². The average molecular weight is 481 g/mol. The zero-order chi connectivity index (χ0) is 25.0. The van der Waals surface area contributed by atoms with E-state index in [9.17, 15) is 18.7 Å². The van der Waals surface area contributed by atoms with E-state index in [0.717, 1.165) is 41.3 Å². The lowest BCUT2D eigenvalue weighted by Gasteiger charge is -2.27. The van der Waals surface area contributed by atoms with Crippen molar-refractivity contribution in [3.63, 3.8) is 0 Å². The highest BCUT2D eigenvalue weighted by atomic mass is 19.1. The molecular weight excluding hydrogens is 450 g/mol. The van der Waals surface area contributed by atoms with Gasteiger partial charge in [-0.25, -0.2) is 8.78 Å². The Morgan fingerprint density at radius 3 is 2.31 bits per heavy atom. The van der Waals surface area contributed by atoms with Crippen LogP contribution in [0.1, 0.15) is 30.9 Å². The third-order valence-electron chi connectivity index (χ3n) is 6.45. The highest BCUT2D eigenvalue weighted by molar-refractivity contribution is 5.73. The number of benzene rings is 3. The molecule has 1 amide bonds. The minimum Gasteiger partial charge on any atom is -0.497 e. The van der Waals surface area contributed by atoms with Crippen molar-refractivity contribution in [3.05, 3.63) is 89.5 Å². The summed E-state index contributed by atoms with van der Waals surface area (Å²) in [5.41, 5.74) is 3.34. The highest BCUT2D eigenvalue weighted by Crippen LogP contribution is 2.46. The Morgan fingerprint density at radius 1 is 1.03 bits per heavy atom. The third-order valence-corrected chi connectivity index (χ3v) is 6.45. The Bertz CT molecular complexity index is 1180. The van der Waals surface area contributed by atoms with E-state index < -0.39 is 23.8 Å². The molecule has 0 aliphatic heterocycles. The molecule has 1 aliphatic rings. The number of ether oxygens (including phenoxy) is 1. The fraction of sp³-hybridized carbons (Fsp3) is 0.321. The summed E-state index contributed by atoms with van der Waals surface area (Å²) in [5, 5.41) is 17.1. The maximum atomic E-state index is 13.6. The van der Waals surface area contributed by atoms with Crippen LogP contribution in [0.25, 0.3) is 11.1 Å². The van der Waals surface area contributed by atoms with Gasteiger partial charge in [0.1, 0.15) is 17.4 Å². The van der Waals surface area contributed by atoms with Crippen LogP contribution in [0.2, 0.25) is 0 Å². The van der Waals surface area contributed by atoms with Crippen LogP contribution in [0.4, 0.5) is 8.78 Å². The van der Waals surface area contributed by atoms with Crippen molar-refractivity contribution in [2.24, 2.45) is 0 Å². The predicted octanol–water partition coefficient (Wildman–Crippen LogP) is 4.33. The van der Waals surface area contributed by atoms with E-state index in [1.807, 2.05) is 36.4 Å². The Morgan fingerprint density at radius 2 is 1.69 bits per heavy atom. The van der Waals surface area contributed by atoms with Crippen molar-refractivity contribution in [2.75, 3.05) is 13.7 Å². The second kappa shape index (κ2) is 10.5. The molecule has 7 heteroatoms. The number of aliphatic hydroxyl groups is 1. The van der Waals surface area contributed by atoms with Gasteiger partial charge in [0.25, 0.3) is 0 Å². The maximum Gasteiger partial charge on any atom is 0.217 e. The van der Waals surface area contributed by atoms with Crippen LogP contribution in [0.5, 0.6) is 5.75 Å². The molecule has 0 heterocycles. The summed E-state index contributed by atoms with van der Waals surface area (Å²) < 4.78 is 32.6. The van der Waals surface area contributed by atoms with Gasteiger partial charge in [0.15, 0.2) is 0 Å². The Balaban J connectivity index is 1.47. The predicted molar refractivity (Wildman–Crippen MR) is 131 cm³/mol. The number of aliphatic hydroxyl groups excluding tert-OH is 1. The van der Waals surface area contributed by atoms with Crippen molar-refractivity contribution >= 4 is 5.91 Å². The quantitative estimate of drug-likeness (QED) is 0.404. The normalized spacial score (nSPS) is 15.8. The summed E-state index contributed by atoms with van der Waals surface area (Å²) in [7, 11) is 1.64. The molecule has 1 fully saturated rings. The lowest BCUT2D eigenvalue weighted by molar-refractivity contribution is -0.120. The average Bonchev–Trinajstić information content (AvgIpc) is 3.62. The smallest absolute Gasteiger partial charge is 0.217 e. The highest BCUT2D eigenvalue weighted by Gasteiger charge is 2.44. The number of halogens is 2. The first-order valence-electron chi connectivity index (χ1n) is 11.7. The molecule has 2 unspecified atom stereocenters. The van der Waals surface area contributed by atoms with E-state index in [0.29, 0.717) is 5.56 Å². The monoisotopic (exact) mass is 480 g/mol. The number of hydrogen-bond acceptors (Lipinski definition) is 4. The molecule has 1 aliphatic carbocycles. The first kappa shape index (κ1) is 24.8. The summed E-state index contributed by atoms with van der Waals surface area (Å²) in [6, 6.07) is 18.7. The molecule has 35 heavy (non-hydrogen) atoms. The molecule has 2 atom stereocenters. The maximum absolute atomic E-state index is 13.6. The summed E-state index contributed by atoms with van der Waals surface area (Å²) in [6.07, 6.45) is 0.988. The number of carbonyl (C=O) groups is 1. The van der Waals surface area contributed by atoms with E-state index in [2.05, 4.69) is 22.8 Å². The lowest BCUT2D eigenvalue weighted by atomic mass is 9.97. The molecule has 3 aromatic carbocycles. The Labute approximate surface area is 204 Å². The first-order chi connectivity index (χ1) is 16.8. The van der Waals surface area contributed by atoms with Crippen LogP contribution in [-0.2, 0) is 16.8 Å². The second-order valence-corrected chi connectivity index (χ2v) is 9.13. The largest absolute Gasteiger partial charge is 0.497 e. The standard InChI is InChI=1S/C28H30F2N2O3/c1-18(33)32-26(13-19-11-23(29)16-24(30)12-19)27(34)17-31-28(9-10-28)22-7-3-5-20(14-22)21-6-4-8-25(15-21)35-2/h3-8,11-12,14-16,26-27,31,34H,9-10,13,17H2,1-2H3,(H,32,33). The first-order valence-corrected chi connectivity index (χ1v) is 11.7. The van der Waals surface area contributed by atoms with Gasteiger partial charge < -0.3 is 20.5 Å². The van der Waals surface area contributed by atoms with Gasteiger partial charge in [0.2, 0.25) is 5.91 Å². The number of hydrogen-bond donors (Lipinski definition) is 3. The molecule has 5 nitrogen and oxygen atoms in total. The van der Waals surface area contributed by atoms with Crippen molar-refractivity contribution in [3.8, 4) is 16.9 Å². The zero-order valence-electron chi connectivity index (χ0n) is 19.9. The summed E-state index contributed by atoms with van der Waals surface area (Å²) in [5.74, 6) is -0.917. The topological polar surface area (TPSA) is 70.6 Å². The van der Waals surface area contributed by atoms with Gasteiger partial charge >= 0.3 is 0 Å². The van der Waals surface area contributed by atoms with E-state index in [-0.39, 0.29) is 24.4 Å². The molecule has 0 radical (unpaired) electrons. The number of nitrogens with one attached hydrogen (secondary N) is 2. The van der Waals surface area contributed by atoms with Gasteiger partial charge in [0.05, 0.1) is 19.3 Å². The number of rotatable bonds is 10. The van der Waals surface area contributed by atoms with E-state index in [4.69, 9.17) is 4.74 Å². The summed E-state index contributed by atoms with van der Waals surface area (Å²) >= 11 is 0. The Kier molecular flexibility index (Phi) is 7.48. The van der Waals surface area contributed by atoms with E-state index >= 15 is 0 Å². The van der Waals surface area contributed by atoms with Crippen LogP contribution < -0.4 is 15.4 Å². The molecule has 4 rings (SSSR count). The molecule has 184 valence electrons. The minimum absolute atomic E-state index is 0.107. The van der Waals surface area contributed by atoms with Crippen molar-refractivity contribution < 1.29 is 23.4 Å². The van der Waals surface area contributed by atoms with Gasteiger partial charge in [-0.05, 0) is 71.8 Å². The zero-order valence-corrected chi connectivity index (χ0v) is 19.9. The summed E-state index contributed by atoms with van der Waals surface area (Å²) in [6.45, 7) is 1.57. The van der Waals surface area contributed by atoms with Gasteiger partial charge in [-0.1, -0.05) is 30.3 Å². The number of carbonyl (C=O) groups excluding carboxylic acids is 1. The minimum atomic E-state index is -0.954. The van der Waals surface area contributed by atoms with Crippen LogP contribution in [-0.4, -0.2) is 36.8 Å². The fourth-order valence-electron chi connectivity index (χ4n) is 4.46. The van der Waals surface area contributed by atoms with E-state index in [1.165, 1.54) is 19.1 Å². The van der Waals surface area contributed by atoms with Crippen LogP contribution in [0.15, 0.2) is 66.7 Å². The number of methoxy groups -OCH3 is 1. The molecular formula is C28H30F2N2O3.